The van der Waals surface area contributed by atoms with E-state index in [-0.39, 0.29) is 94.3 Å². The second kappa shape index (κ2) is 12.8. The summed E-state index contributed by atoms with van der Waals surface area (Å²) in [6.07, 6.45) is 10.4. The predicted octanol–water partition coefficient (Wildman–Crippen LogP) is 5.44. The number of rotatable bonds is 1. The van der Waals surface area contributed by atoms with Crippen LogP contribution in [0.1, 0.15) is 137 Å². The number of nitrogens with zero attached hydrogens (tertiary/aromatic N) is 2. The maximum absolute atomic E-state index is 13.7. The molecule has 19 atom stereocenters. The molecule has 64 heavy (non-hydrogen) atoms. The summed E-state index contributed by atoms with van der Waals surface area (Å²) < 4.78 is 30.6. The first-order valence-electron chi connectivity index (χ1n) is 24.0. The molecule has 13 fully saturated rings. The summed E-state index contributed by atoms with van der Waals surface area (Å²) in [5.41, 5.74) is -5.29. The highest BCUT2D eigenvalue weighted by Crippen LogP contribution is 2.84. The molecule has 0 aromatic heterocycles. The molecular weight excluding hydrogens is 821 g/mol. The zero-order valence-electron chi connectivity index (χ0n) is 38.0. The van der Waals surface area contributed by atoms with Gasteiger partial charge in [0.15, 0.2) is 0 Å². The molecule has 4 spiro atoms. The Balaban J connectivity index is 0.000000138. The molecule has 0 aromatic rings. The van der Waals surface area contributed by atoms with Crippen molar-refractivity contribution in [3.05, 3.63) is 0 Å². The zero-order valence-corrected chi connectivity index (χ0v) is 38.0. The summed E-state index contributed by atoms with van der Waals surface area (Å²) >= 11 is 0. The van der Waals surface area contributed by atoms with E-state index < -0.39 is 55.9 Å². The monoisotopic (exact) mass is 882 g/mol. The second-order valence-electron chi connectivity index (χ2n) is 23.4. The molecule has 4 aliphatic heterocycles. The summed E-state index contributed by atoms with van der Waals surface area (Å²) in [7, 11) is 2.40. The number of aliphatic hydroxyl groups excluding tert-OH is 1. The van der Waals surface area contributed by atoms with Crippen molar-refractivity contribution in [1.82, 2.24) is 0 Å². The van der Waals surface area contributed by atoms with Gasteiger partial charge in [0.25, 0.3) is 0 Å². The number of fused-ring (bicyclic) bond motifs is 9. The lowest BCUT2D eigenvalue weighted by atomic mass is 9.37. The average molecular weight is 883 g/mol. The van der Waals surface area contributed by atoms with E-state index in [1.54, 1.807) is 0 Å². The lowest BCUT2D eigenvalue weighted by Crippen LogP contribution is -2.68. The number of hydrogen-bond donors (Lipinski definition) is 1. The fourth-order valence-electron chi connectivity index (χ4n) is 19.5. The normalized spacial score (nSPS) is 56.7. The number of epoxide rings is 2. The van der Waals surface area contributed by atoms with Gasteiger partial charge in [0.1, 0.15) is 39.8 Å². The van der Waals surface area contributed by atoms with E-state index in [1.807, 2.05) is 0 Å². The summed E-state index contributed by atoms with van der Waals surface area (Å²) in [6.45, 7) is 8.74. The Bertz CT molecular complexity index is 2300. The van der Waals surface area contributed by atoms with Gasteiger partial charge in [-0.25, -0.2) is 0 Å². The van der Waals surface area contributed by atoms with Gasteiger partial charge in [0.2, 0.25) is 0 Å². The van der Waals surface area contributed by atoms with Gasteiger partial charge in [0.05, 0.1) is 54.1 Å². The Morgan fingerprint density at radius 2 is 1.23 bits per heavy atom. The first-order chi connectivity index (χ1) is 30.3. The topological polar surface area (TPSA) is 223 Å². The van der Waals surface area contributed by atoms with Crippen molar-refractivity contribution in [2.24, 2.45) is 73.9 Å². The molecule has 4 saturated heterocycles. The molecule has 14 nitrogen and oxygen atoms in total. The third kappa shape index (κ3) is 4.37. The van der Waals surface area contributed by atoms with Crippen LogP contribution in [0.25, 0.3) is 0 Å². The van der Waals surface area contributed by atoms with Crippen molar-refractivity contribution < 1.29 is 57.6 Å². The summed E-state index contributed by atoms with van der Waals surface area (Å²) in [4.78, 5) is 76.6. The number of nitriles is 2. The van der Waals surface area contributed by atoms with Crippen LogP contribution in [0.2, 0.25) is 0 Å². The quantitative estimate of drug-likeness (QED) is 0.150. The number of carbonyl (C=O) groups excluding carboxylic acids is 6. The first kappa shape index (κ1) is 42.9. The molecule has 14 heteroatoms. The molecule has 344 valence electrons. The van der Waals surface area contributed by atoms with Crippen LogP contribution < -0.4 is 0 Å². The van der Waals surface area contributed by atoms with E-state index in [4.69, 9.17) is 28.8 Å². The second-order valence-corrected chi connectivity index (χ2v) is 23.4. The highest BCUT2D eigenvalue weighted by atomic mass is 16.6. The van der Waals surface area contributed by atoms with Crippen molar-refractivity contribution >= 4 is 35.3 Å². The molecule has 9 saturated carbocycles. The Kier molecular flexibility index (Phi) is 8.60. The molecule has 13 aliphatic rings. The van der Waals surface area contributed by atoms with Crippen LogP contribution in [0, 0.1) is 96.6 Å². The highest BCUT2D eigenvalue weighted by molar-refractivity contribution is 6.08. The van der Waals surface area contributed by atoms with E-state index in [2.05, 4.69) is 39.8 Å². The van der Waals surface area contributed by atoms with E-state index >= 15 is 0 Å². The van der Waals surface area contributed by atoms with Crippen LogP contribution in [0.5, 0.6) is 0 Å². The van der Waals surface area contributed by atoms with Crippen molar-refractivity contribution in [3.8, 4) is 12.1 Å². The van der Waals surface area contributed by atoms with Gasteiger partial charge in [-0.1, -0.05) is 27.7 Å². The average Bonchev–Trinajstić information content (AvgIpc) is 3.89. The van der Waals surface area contributed by atoms with Gasteiger partial charge in [-0.3, -0.25) is 28.8 Å². The molecular formula is C50H62N2O12. The third-order valence-corrected chi connectivity index (χ3v) is 22.5. The van der Waals surface area contributed by atoms with Gasteiger partial charge < -0.3 is 28.8 Å². The number of carbonyl (C=O) groups is 6. The number of esters is 3. The fourth-order valence-corrected chi connectivity index (χ4v) is 19.5. The van der Waals surface area contributed by atoms with E-state index in [1.165, 1.54) is 7.11 Å². The molecule has 0 amide bonds. The molecule has 4 heterocycles. The zero-order chi connectivity index (χ0) is 45.6. The van der Waals surface area contributed by atoms with Crippen LogP contribution in [-0.2, 0) is 52.5 Å². The Morgan fingerprint density at radius 1 is 0.688 bits per heavy atom. The smallest absolute Gasteiger partial charge is 0.309 e. The highest BCUT2D eigenvalue weighted by Gasteiger charge is 2.91. The number of methoxy groups -OCH3 is 1. The molecule has 2 bridgehead atoms. The van der Waals surface area contributed by atoms with Crippen molar-refractivity contribution in [3.63, 3.8) is 0 Å². The number of aliphatic hydroxyl groups is 1. The van der Waals surface area contributed by atoms with Crippen LogP contribution >= 0.6 is 0 Å². The maximum atomic E-state index is 13.7. The first-order valence-corrected chi connectivity index (χ1v) is 24.0. The number of hydrogen-bond acceptors (Lipinski definition) is 14. The maximum Gasteiger partial charge on any atom is 0.309 e. The number of ketones is 3. The summed E-state index contributed by atoms with van der Waals surface area (Å²) in [6, 6.07) is 5.06. The summed E-state index contributed by atoms with van der Waals surface area (Å²) in [5, 5.41) is 27.8. The minimum atomic E-state index is -0.920. The van der Waals surface area contributed by atoms with E-state index in [0.29, 0.717) is 51.4 Å². The van der Waals surface area contributed by atoms with E-state index in [9.17, 15) is 39.3 Å². The van der Waals surface area contributed by atoms with Crippen LogP contribution in [0.3, 0.4) is 0 Å². The Labute approximate surface area is 374 Å². The van der Waals surface area contributed by atoms with Gasteiger partial charge in [-0.2, -0.15) is 10.5 Å². The lowest BCUT2D eigenvalue weighted by Gasteiger charge is -2.63. The Hall–Kier alpha value is -3.72. The minimum absolute atomic E-state index is 0.00258. The molecule has 8 unspecified atom stereocenters. The standard InChI is InChI=1S/C25H31NO6.C24H27NO5.CH4O/c1-21-12-17-25(31-17)19(16(21)5-8-24(21)9-6-18(28)32-24)15(20(29)30-3)11-23(13-26)10-14(27)4-7-22(23,25)2;1-20-10-15-24(29-15)17(13(20)3-7-23(20)8-5-16(27)30-23)12-9-22(11-25)18(19(12)28)14(26)4-6-21(22,24)2;1-2/h15-17,19H,4-12H2,1-3H3;12-13,15,17-18H,3-10H2,1-2H3;2H,1H3/t15-,16?,17?,19?,21+,22+,23+,24-,25-;12?,13?,15?,17?,18?,20-,21-,22-,23+,24+;/m10./s1. The van der Waals surface area contributed by atoms with Crippen molar-refractivity contribution in [1.29, 1.82) is 10.5 Å². The van der Waals surface area contributed by atoms with Crippen molar-refractivity contribution in [2.45, 2.75) is 171 Å². The molecule has 9 aliphatic carbocycles. The fraction of sp³-hybridized carbons (Fsp3) is 0.840. The molecule has 0 aromatic carbocycles. The Morgan fingerprint density at radius 3 is 1.75 bits per heavy atom. The SMILES string of the molecule is CO.COC(=O)[C@@H]1C[C@]2(C#N)CC(=O)CC[C@]2(C)[C@@]23OC2C[C@@]2(C)C(CC[C@@]24CCC(=O)O4)C13.C[C@]12CCC(=O)C3C(=O)C(C[C@]31C#N)C1C3CC[C@@]4(CCC(=O)O4)[C@@]3(C)CC3O[C@]312. The third-order valence-electron chi connectivity index (χ3n) is 22.5. The van der Waals surface area contributed by atoms with Gasteiger partial charge in [-0.05, 0) is 88.9 Å². The predicted molar refractivity (Wildman–Crippen MR) is 219 cm³/mol. The van der Waals surface area contributed by atoms with Gasteiger partial charge >= 0.3 is 17.9 Å². The molecule has 0 radical (unpaired) electrons. The number of Topliss-reactive ketones (excluding diaryl/α,β-unsaturated/α-hetero) is 3. The van der Waals surface area contributed by atoms with E-state index in [0.717, 1.165) is 58.5 Å². The molecule has 1 N–H and O–H groups in total. The van der Waals surface area contributed by atoms with Gasteiger partial charge in [0, 0.05) is 78.6 Å². The molecule has 13 rings (SSSR count). The van der Waals surface area contributed by atoms with Crippen LogP contribution in [-0.4, -0.2) is 89.2 Å². The number of ether oxygens (including phenoxy) is 5. The van der Waals surface area contributed by atoms with Crippen LogP contribution in [0.4, 0.5) is 0 Å². The lowest BCUT2D eigenvalue weighted by molar-refractivity contribution is -0.193. The van der Waals surface area contributed by atoms with Gasteiger partial charge in [-0.15, -0.1) is 0 Å². The summed E-state index contributed by atoms with van der Waals surface area (Å²) in [5.74, 6) is -1.77. The van der Waals surface area contributed by atoms with Crippen molar-refractivity contribution in [2.75, 3.05) is 14.2 Å². The minimum Gasteiger partial charge on any atom is -0.469 e. The van der Waals surface area contributed by atoms with Crippen LogP contribution in [0.15, 0.2) is 0 Å². The largest absolute Gasteiger partial charge is 0.469 e.